The Morgan fingerprint density at radius 2 is 1.75 bits per heavy atom. The molecule has 4 rings (SSSR count). The van der Waals surface area contributed by atoms with E-state index in [0.717, 1.165) is 0 Å². The van der Waals surface area contributed by atoms with Crippen molar-refractivity contribution in [2.24, 2.45) is 0 Å². The summed E-state index contributed by atoms with van der Waals surface area (Å²) in [7, 11) is 3.07. The Bertz CT molecular complexity index is 1150. The number of ether oxygens (including phenoxy) is 2. The van der Waals surface area contributed by atoms with Crippen LogP contribution in [0.3, 0.4) is 0 Å². The summed E-state index contributed by atoms with van der Waals surface area (Å²) in [5.41, 5.74) is 1.04. The summed E-state index contributed by atoms with van der Waals surface area (Å²) in [6, 6.07) is 16.6. The minimum atomic E-state index is -0.803. The number of aliphatic hydroxyl groups is 1. The number of aliphatic hydroxyl groups excluding tert-OH is 1. The van der Waals surface area contributed by atoms with Gasteiger partial charge < -0.3 is 23.9 Å². The Morgan fingerprint density at radius 1 is 1.00 bits per heavy atom. The van der Waals surface area contributed by atoms with Gasteiger partial charge in [-0.1, -0.05) is 18.2 Å². The molecule has 32 heavy (non-hydrogen) atoms. The second-order valence-electron chi connectivity index (χ2n) is 7.29. The van der Waals surface area contributed by atoms with Gasteiger partial charge in [-0.05, 0) is 42.5 Å². The fraction of sp³-hybridized carbons (Fsp3) is 0.200. The number of hydrogen-bond acceptors (Lipinski definition) is 6. The molecule has 0 spiro atoms. The first-order chi connectivity index (χ1) is 15.5. The van der Waals surface area contributed by atoms with Gasteiger partial charge in [0.15, 0.2) is 0 Å². The van der Waals surface area contributed by atoms with Crippen LogP contribution >= 0.6 is 0 Å². The maximum Gasteiger partial charge on any atom is 0.295 e. The van der Waals surface area contributed by atoms with Gasteiger partial charge in [-0.25, -0.2) is 0 Å². The fourth-order valence-electron chi connectivity index (χ4n) is 3.92. The number of ketones is 1. The zero-order valence-electron chi connectivity index (χ0n) is 17.8. The van der Waals surface area contributed by atoms with Crippen LogP contribution in [0.15, 0.2) is 76.9 Å². The lowest BCUT2D eigenvalue weighted by Crippen LogP contribution is -2.31. The molecule has 0 aliphatic carbocycles. The molecule has 2 heterocycles. The van der Waals surface area contributed by atoms with Gasteiger partial charge in [0.25, 0.3) is 11.7 Å². The molecule has 1 aliphatic rings. The highest BCUT2D eigenvalue weighted by Gasteiger charge is 2.46. The third-order valence-corrected chi connectivity index (χ3v) is 5.52. The predicted octanol–water partition coefficient (Wildman–Crippen LogP) is 3.96. The van der Waals surface area contributed by atoms with Gasteiger partial charge in [0.05, 0.1) is 32.1 Å². The van der Waals surface area contributed by atoms with Crippen LogP contribution in [0.5, 0.6) is 11.5 Å². The van der Waals surface area contributed by atoms with Gasteiger partial charge in [-0.15, -0.1) is 0 Å². The average Bonchev–Trinajstić information content (AvgIpc) is 3.44. The average molecular weight is 433 g/mol. The zero-order valence-corrected chi connectivity index (χ0v) is 17.8. The maximum atomic E-state index is 13.1. The summed E-state index contributed by atoms with van der Waals surface area (Å²) in [6.45, 7) is 0.236. The van der Waals surface area contributed by atoms with E-state index in [4.69, 9.17) is 13.9 Å². The maximum absolute atomic E-state index is 13.1. The topological polar surface area (TPSA) is 89.2 Å². The number of nitrogens with zero attached hydrogens (tertiary/aromatic N) is 1. The van der Waals surface area contributed by atoms with Crippen molar-refractivity contribution >= 4 is 17.4 Å². The smallest absolute Gasteiger partial charge is 0.295 e. The van der Waals surface area contributed by atoms with E-state index in [1.54, 1.807) is 68.0 Å². The third kappa shape index (κ3) is 3.85. The SMILES string of the molecule is COc1ccc(C(O)=C2C(=O)C(=O)N(CCc3ccco3)C2c2ccccc2OC)cc1. The first kappa shape index (κ1) is 21.2. The Labute approximate surface area is 185 Å². The van der Waals surface area contributed by atoms with Crippen molar-refractivity contribution in [1.29, 1.82) is 0 Å². The molecule has 1 N–H and O–H groups in total. The van der Waals surface area contributed by atoms with Crippen LogP contribution in [0.1, 0.15) is 22.9 Å². The van der Waals surface area contributed by atoms with E-state index < -0.39 is 17.7 Å². The van der Waals surface area contributed by atoms with Gasteiger partial charge in [0.2, 0.25) is 0 Å². The van der Waals surface area contributed by atoms with Crippen LogP contribution in [0.25, 0.3) is 5.76 Å². The van der Waals surface area contributed by atoms with Crippen LogP contribution in [0.4, 0.5) is 0 Å². The molecular weight excluding hydrogens is 410 g/mol. The standard InChI is InChI=1S/C25H23NO6/c1-30-17-11-9-16(10-12-17)23(27)21-22(19-7-3-4-8-20(19)31-2)26(25(29)24(21)28)14-13-18-6-5-15-32-18/h3-12,15,22,27H,13-14H2,1-2H3. The molecule has 164 valence electrons. The Hall–Kier alpha value is -4.00. The number of Topliss-reactive ketones (excluding diaryl/α,β-unsaturated/α-hetero) is 1. The molecule has 1 unspecified atom stereocenters. The van der Waals surface area contributed by atoms with Crippen molar-refractivity contribution in [1.82, 2.24) is 4.90 Å². The number of para-hydroxylation sites is 1. The molecular formula is C25H23NO6. The van der Waals surface area contributed by atoms with E-state index in [2.05, 4.69) is 0 Å². The minimum absolute atomic E-state index is 0.0177. The third-order valence-electron chi connectivity index (χ3n) is 5.52. The number of carbonyl (C=O) groups excluding carboxylic acids is 2. The molecule has 7 nitrogen and oxygen atoms in total. The Morgan fingerprint density at radius 3 is 2.41 bits per heavy atom. The second-order valence-corrected chi connectivity index (χ2v) is 7.29. The number of rotatable bonds is 7. The molecule has 1 amide bonds. The van der Waals surface area contributed by atoms with E-state index in [0.29, 0.717) is 34.8 Å². The molecule has 0 saturated carbocycles. The number of amides is 1. The molecule has 7 heteroatoms. The Kier molecular flexibility index (Phi) is 5.98. The monoisotopic (exact) mass is 433 g/mol. The molecule has 0 radical (unpaired) electrons. The molecule has 1 fully saturated rings. The summed E-state index contributed by atoms with van der Waals surface area (Å²) >= 11 is 0. The van der Waals surface area contributed by atoms with Crippen LogP contribution < -0.4 is 9.47 Å². The predicted molar refractivity (Wildman–Crippen MR) is 117 cm³/mol. The minimum Gasteiger partial charge on any atom is -0.507 e. The number of furan rings is 1. The van der Waals surface area contributed by atoms with E-state index >= 15 is 0 Å². The van der Waals surface area contributed by atoms with Crippen molar-refractivity contribution in [2.45, 2.75) is 12.5 Å². The van der Waals surface area contributed by atoms with Gasteiger partial charge in [-0.3, -0.25) is 9.59 Å². The number of carbonyl (C=O) groups is 2. The summed E-state index contributed by atoms with van der Waals surface area (Å²) in [5, 5.41) is 11.1. The Balaban J connectivity index is 1.82. The number of methoxy groups -OCH3 is 2. The van der Waals surface area contributed by atoms with Crippen molar-refractivity contribution in [3.63, 3.8) is 0 Å². The molecule has 0 bridgehead atoms. The number of likely N-dealkylation sites (tertiary alicyclic amines) is 1. The van der Waals surface area contributed by atoms with Crippen LogP contribution in [0.2, 0.25) is 0 Å². The second kappa shape index (κ2) is 9.01. The highest BCUT2D eigenvalue weighted by molar-refractivity contribution is 6.46. The first-order valence-corrected chi connectivity index (χ1v) is 10.1. The van der Waals surface area contributed by atoms with Crippen molar-refractivity contribution in [2.75, 3.05) is 20.8 Å². The summed E-state index contributed by atoms with van der Waals surface area (Å²) < 4.78 is 16.1. The summed E-state index contributed by atoms with van der Waals surface area (Å²) in [5.74, 6) is 0.157. The van der Waals surface area contributed by atoms with Crippen molar-refractivity contribution in [3.05, 3.63) is 89.4 Å². The van der Waals surface area contributed by atoms with Gasteiger partial charge >= 0.3 is 0 Å². The van der Waals surface area contributed by atoms with E-state index in [-0.39, 0.29) is 17.9 Å². The van der Waals surface area contributed by atoms with E-state index in [1.807, 2.05) is 6.07 Å². The van der Waals surface area contributed by atoms with Crippen molar-refractivity contribution < 1.29 is 28.6 Å². The van der Waals surface area contributed by atoms with E-state index in [1.165, 1.54) is 12.0 Å². The van der Waals surface area contributed by atoms with Crippen LogP contribution in [-0.2, 0) is 16.0 Å². The van der Waals surface area contributed by atoms with Gasteiger partial charge in [0.1, 0.15) is 23.0 Å². The molecule has 1 aromatic heterocycles. The largest absolute Gasteiger partial charge is 0.507 e. The number of hydrogen-bond donors (Lipinski definition) is 1. The highest BCUT2D eigenvalue weighted by atomic mass is 16.5. The lowest BCUT2D eigenvalue weighted by Gasteiger charge is -2.26. The van der Waals surface area contributed by atoms with E-state index in [9.17, 15) is 14.7 Å². The van der Waals surface area contributed by atoms with Crippen LogP contribution in [0, 0.1) is 0 Å². The lowest BCUT2D eigenvalue weighted by molar-refractivity contribution is -0.139. The molecule has 1 saturated heterocycles. The fourth-order valence-corrected chi connectivity index (χ4v) is 3.92. The van der Waals surface area contributed by atoms with Crippen molar-refractivity contribution in [3.8, 4) is 11.5 Å². The molecule has 3 aromatic rings. The molecule has 2 aromatic carbocycles. The molecule has 1 atom stereocenters. The first-order valence-electron chi connectivity index (χ1n) is 10.1. The number of benzene rings is 2. The molecule has 1 aliphatic heterocycles. The highest BCUT2D eigenvalue weighted by Crippen LogP contribution is 2.42. The van der Waals surface area contributed by atoms with Gasteiger partial charge in [0, 0.05) is 24.1 Å². The normalized spacial score (nSPS) is 17.6. The quantitative estimate of drug-likeness (QED) is 0.345. The van der Waals surface area contributed by atoms with Crippen LogP contribution in [-0.4, -0.2) is 42.5 Å². The summed E-state index contributed by atoms with van der Waals surface area (Å²) in [4.78, 5) is 27.6. The summed E-state index contributed by atoms with van der Waals surface area (Å²) in [6.07, 6.45) is 1.99. The zero-order chi connectivity index (χ0) is 22.7. The van der Waals surface area contributed by atoms with Gasteiger partial charge in [-0.2, -0.15) is 0 Å². The lowest BCUT2D eigenvalue weighted by atomic mass is 9.94.